The monoisotopic (exact) mass is 101 g/mol. The van der Waals surface area contributed by atoms with E-state index in [0.717, 1.165) is 4.90 Å². The molecule has 3 heteroatoms. The molecule has 0 aromatic carbocycles. The minimum Gasteiger partial charge on any atom is -0.289 e. The van der Waals surface area contributed by atoms with Crippen molar-refractivity contribution in [3.8, 4) is 0 Å². The minimum atomic E-state index is -0.241. The number of imide groups is 1. The normalized spacial score (nSPS) is 7.71. The highest BCUT2D eigenvalue weighted by Crippen LogP contribution is 1.71. The van der Waals surface area contributed by atoms with Gasteiger partial charge in [-0.25, -0.2) is 0 Å². The molecule has 7 heavy (non-hydrogen) atoms. The third-order valence-corrected chi connectivity index (χ3v) is 0.655. The van der Waals surface area contributed by atoms with Crippen LogP contribution < -0.4 is 0 Å². The Morgan fingerprint density at radius 3 is 2.14 bits per heavy atom. The predicted molar refractivity (Wildman–Crippen MR) is 24.5 cm³/mol. The molecule has 0 atom stereocenters. The van der Waals surface area contributed by atoms with Gasteiger partial charge >= 0.3 is 0 Å². The van der Waals surface area contributed by atoms with Gasteiger partial charge in [0.15, 0.2) is 0 Å². The molecule has 0 rings (SSSR count). The number of rotatable bonds is 1. The zero-order chi connectivity index (χ0) is 5.86. The second kappa shape index (κ2) is 2.34. The summed E-state index contributed by atoms with van der Waals surface area (Å²) in [5.74, 6) is -0.241. The Morgan fingerprint density at radius 2 is 2.14 bits per heavy atom. The first-order valence-corrected chi connectivity index (χ1v) is 1.87. The van der Waals surface area contributed by atoms with E-state index in [1.807, 2.05) is 0 Å². The maximum Gasteiger partial charge on any atom is 0.225 e. The summed E-state index contributed by atoms with van der Waals surface area (Å²) in [5.41, 5.74) is 0. The largest absolute Gasteiger partial charge is 0.289 e. The van der Waals surface area contributed by atoms with Gasteiger partial charge in [0.25, 0.3) is 0 Å². The number of hydrogen-bond acceptors (Lipinski definition) is 2. The molecular formula is C4H7NO2. The standard InChI is InChI=1S/C4H7NO2/c1-4(7)5(2)3-6/h3H,1-2H3. The van der Waals surface area contributed by atoms with Crippen LogP contribution in [0.5, 0.6) is 0 Å². The van der Waals surface area contributed by atoms with Gasteiger partial charge in [-0.05, 0) is 0 Å². The van der Waals surface area contributed by atoms with Gasteiger partial charge in [0.1, 0.15) is 0 Å². The molecular weight excluding hydrogens is 94.0 g/mol. The van der Waals surface area contributed by atoms with Gasteiger partial charge in [-0.15, -0.1) is 0 Å². The molecule has 0 aromatic rings. The molecule has 2 amide bonds. The van der Waals surface area contributed by atoms with Crippen LogP contribution in [0.1, 0.15) is 6.92 Å². The first-order chi connectivity index (χ1) is 3.18. The van der Waals surface area contributed by atoms with Crippen molar-refractivity contribution in [1.82, 2.24) is 4.90 Å². The van der Waals surface area contributed by atoms with Crippen LogP contribution in [-0.2, 0) is 9.59 Å². The Kier molecular flexibility index (Phi) is 2.05. The van der Waals surface area contributed by atoms with E-state index in [2.05, 4.69) is 0 Å². The van der Waals surface area contributed by atoms with Gasteiger partial charge < -0.3 is 0 Å². The SMILES string of the molecule is CC(=O)N(C)C=O. The van der Waals surface area contributed by atoms with E-state index in [0.29, 0.717) is 6.41 Å². The quantitative estimate of drug-likeness (QED) is 0.422. The fourth-order valence-electron chi connectivity index (χ4n) is 0.0742. The van der Waals surface area contributed by atoms with Crippen molar-refractivity contribution in [2.45, 2.75) is 6.92 Å². The van der Waals surface area contributed by atoms with Crippen molar-refractivity contribution in [1.29, 1.82) is 0 Å². The Hall–Kier alpha value is -0.860. The molecule has 0 aromatic heterocycles. The van der Waals surface area contributed by atoms with Crippen molar-refractivity contribution in [3.05, 3.63) is 0 Å². The lowest BCUT2D eigenvalue weighted by atomic mass is 10.6. The highest BCUT2D eigenvalue weighted by atomic mass is 16.2. The maximum atomic E-state index is 10.1. The second-order valence-electron chi connectivity index (χ2n) is 1.24. The average molecular weight is 101 g/mol. The van der Waals surface area contributed by atoms with Crippen LogP contribution in [0.15, 0.2) is 0 Å². The topological polar surface area (TPSA) is 37.4 Å². The molecule has 0 fully saturated rings. The van der Waals surface area contributed by atoms with Crippen LogP contribution in [0.4, 0.5) is 0 Å². The molecule has 3 nitrogen and oxygen atoms in total. The Morgan fingerprint density at radius 1 is 1.71 bits per heavy atom. The lowest BCUT2D eigenvalue weighted by Crippen LogP contribution is -2.21. The number of hydrogen-bond donors (Lipinski definition) is 0. The summed E-state index contributed by atoms with van der Waals surface area (Å²) >= 11 is 0. The van der Waals surface area contributed by atoms with Crippen LogP contribution >= 0.6 is 0 Å². The molecule has 0 bridgehead atoms. The van der Waals surface area contributed by atoms with Gasteiger partial charge in [-0.1, -0.05) is 0 Å². The summed E-state index contributed by atoms with van der Waals surface area (Å²) in [6.45, 7) is 1.33. The van der Waals surface area contributed by atoms with Crippen LogP contribution in [0.25, 0.3) is 0 Å². The number of carbonyl (C=O) groups excluding carboxylic acids is 2. The average Bonchev–Trinajstić information content (AvgIpc) is 1.65. The first-order valence-electron chi connectivity index (χ1n) is 1.87. The van der Waals surface area contributed by atoms with E-state index in [1.165, 1.54) is 14.0 Å². The van der Waals surface area contributed by atoms with Crippen LogP contribution in [0, 0.1) is 0 Å². The van der Waals surface area contributed by atoms with Crippen LogP contribution in [0.3, 0.4) is 0 Å². The highest BCUT2D eigenvalue weighted by Gasteiger charge is 1.94. The Bertz CT molecular complexity index is 89.7. The van der Waals surface area contributed by atoms with Gasteiger partial charge in [-0.3, -0.25) is 14.5 Å². The molecule has 0 aliphatic heterocycles. The van der Waals surface area contributed by atoms with E-state index >= 15 is 0 Å². The molecule has 0 saturated heterocycles. The van der Waals surface area contributed by atoms with E-state index in [9.17, 15) is 9.59 Å². The van der Waals surface area contributed by atoms with Crippen molar-refractivity contribution < 1.29 is 9.59 Å². The third-order valence-electron chi connectivity index (χ3n) is 0.655. The summed E-state index contributed by atoms with van der Waals surface area (Å²) in [6.07, 6.45) is 0.475. The zero-order valence-electron chi connectivity index (χ0n) is 4.34. The number of carbonyl (C=O) groups is 2. The minimum absolute atomic E-state index is 0.241. The molecule has 0 aliphatic carbocycles. The van der Waals surface area contributed by atoms with Crippen molar-refractivity contribution in [2.75, 3.05) is 7.05 Å². The lowest BCUT2D eigenvalue weighted by Gasteiger charge is -2.00. The molecule has 40 valence electrons. The fraction of sp³-hybridized carbons (Fsp3) is 0.500. The predicted octanol–water partition coefficient (Wildman–Crippen LogP) is -0.379. The summed E-state index contributed by atoms with van der Waals surface area (Å²) in [6, 6.07) is 0. The number of amides is 2. The van der Waals surface area contributed by atoms with Gasteiger partial charge in [0.2, 0.25) is 12.3 Å². The van der Waals surface area contributed by atoms with E-state index in [4.69, 9.17) is 0 Å². The third kappa shape index (κ3) is 1.92. The van der Waals surface area contributed by atoms with Crippen LogP contribution in [-0.4, -0.2) is 24.3 Å². The van der Waals surface area contributed by atoms with Crippen LogP contribution in [0.2, 0.25) is 0 Å². The summed E-state index contributed by atoms with van der Waals surface area (Å²) in [4.78, 5) is 20.7. The van der Waals surface area contributed by atoms with Crippen molar-refractivity contribution in [2.24, 2.45) is 0 Å². The first kappa shape index (κ1) is 6.14. The van der Waals surface area contributed by atoms with E-state index in [-0.39, 0.29) is 5.91 Å². The summed E-state index contributed by atoms with van der Waals surface area (Å²) in [5, 5.41) is 0. The second-order valence-corrected chi connectivity index (χ2v) is 1.24. The maximum absolute atomic E-state index is 10.1. The summed E-state index contributed by atoms with van der Waals surface area (Å²) in [7, 11) is 1.41. The van der Waals surface area contributed by atoms with Crippen molar-refractivity contribution >= 4 is 12.3 Å². The molecule has 0 spiro atoms. The molecule has 0 N–H and O–H groups in total. The molecule has 0 saturated carbocycles. The Balaban J connectivity index is 3.55. The van der Waals surface area contributed by atoms with Crippen molar-refractivity contribution in [3.63, 3.8) is 0 Å². The smallest absolute Gasteiger partial charge is 0.225 e. The fourth-order valence-corrected chi connectivity index (χ4v) is 0.0742. The Labute approximate surface area is 41.9 Å². The lowest BCUT2D eigenvalue weighted by molar-refractivity contribution is -0.134. The number of nitrogens with zero attached hydrogens (tertiary/aromatic N) is 1. The van der Waals surface area contributed by atoms with E-state index in [1.54, 1.807) is 0 Å². The molecule has 0 unspecified atom stereocenters. The van der Waals surface area contributed by atoms with E-state index < -0.39 is 0 Å². The highest BCUT2D eigenvalue weighted by molar-refractivity contribution is 5.83. The molecule has 0 aliphatic rings. The molecule has 0 heterocycles. The summed E-state index contributed by atoms with van der Waals surface area (Å²) < 4.78 is 0. The van der Waals surface area contributed by atoms with Gasteiger partial charge in [-0.2, -0.15) is 0 Å². The molecule has 0 radical (unpaired) electrons. The zero-order valence-corrected chi connectivity index (χ0v) is 4.34. The van der Waals surface area contributed by atoms with Gasteiger partial charge in [0.05, 0.1) is 0 Å². The van der Waals surface area contributed by atoms with Gasteiger partial charge in [0, 0.05) is 14.0 Å².